The number of benzene rings is 1. The summed E-state index contributed by atoms with van der Waals surface area (Å²) in [6.07, 6.45) is -3.10. The van der Waals surface area contributed by atoms with Gasteiger partial charge in [0.15, 0.2) is 0 Å². The molecule has 5 N–H and O–H groups in total. The Labute approximate surface area is 173 Å². The number of carboxylic acid groups (broad SMARTS) is 2. The molecule has 0 saturated heterocycles. The number of pyridine rings is 1. The van der Waals surface area contributed by atoms with Gasteiger partial charge in [0.2, 0.25) is 5.43 Å². The van der Waals surface area contributed by atoms with E-state index in [1.807, 2.05) is 13.0 Å². The minimum Gasteiger partial charge on any atom is -0.492 e. The lowest BCUT2D eigenvalue weighted by Gasteiger charge is -2.12. The zero-order valence-corrected chi connectivity index (χ0v) is 16.7. The van der Waals surface area contributed by atoms with Gasteiger partial charge in [-0.15, -0.1) is 0 Å². The number of nitrogens with two attached hydrogens (primary N) is 1. The van der Waals surface area contributed by atoms with Gasteiger partial charge in [-0.1, -0.05) is 6.92 Å². The first-order chi connectivity index (χ1) is 14.0. The minimum absolute atomic E-state index is 0.272. The van der Waals surface area contributed by atoms with Crippen LogP contribution in [0.25, 0.3) is 10.9 Å². The van der Waals surface area contributed by atoms with Crippen LogP contribution < -0.4 is 15.9 Å². The van der Waals surface area contributed by atoms with E-state index < -0.39 is 23.5 Å². The molecule has 8 nitrogen and oxygen atoms in total. The van der Waals surface area contributed by atoms with E-state index in [1.165, 1.54) is 6.20 Å². The molecule has 12 heteroatoms. The number of aromatic amines is 1. The fourth-order valence-corrected chi connectivity index (χ4v) is 2.83. The van der Waals surface area contributed by atoms with E-state index in [0.717, 1.165) is 23.5 Å². The molecule has 0 unspecified atom stereocenters. The zero-order valence-electron chi connectivity index (χ0n) is 15.9. The predicted octanol–water partition coefficient (Wildman–Crippen LogP) is 2.49. The number of aryl methyl sites for hydroxylation is 1. The van der Waals surface area contributed by atoms with Gasteiger partial charge < -0.3 is 25.7 Å². The molecule has 1 aromatic heterocycles. The topological polar surface area (TPSA) is 143 Å². The molecule has 0 amide bonds. The molecule has 0 radical (unpaired) electrons. The molecular formula is C18H21F3N2O6S. The quantitative estimate of drug-likeness (QED) is 0.449. The summed E-state index contributed by atoms with van der Waals surface area (Å²) >= 11 is 1.70. The maximum atomic E-state index is 12.3. The number of H-pyrrole nitrogens is 1. The van der Waals surface area contributed by atoms with Gasteiger partial charge in [0.25, 0.3) is 0 Å². The number of fused-ring (bicyclic) bond motifs is 1. The van der Waals surface area contributed by atoms with Crippen molar-refractivity contribution in [1.82, 2.24) is 4.98 Å². The van der Waals surface area contributed by atoms with Gasteiger partial charge in [-0.3, -0.25) is 4.79 Å². The van der Waals surface area contributed by atoms with Gasteiger partial charge in [-0.05, 0) is 24.1 Å². The summed E-state index contributed by atoms with van der Waals surface area (Å²) in [7, 11) is 0. The molecule has 0 aliphatic heterocycles. The van der Waals surface area contributed by atoms with Crippen LogP contribution in [0.5, 0.6) is 5.75 Å². The van der Waals surface area contributed by atoms with Crippen molar-refractivity contribution in [2.75, 3.05) is 24.7 Å². The number of rotatable bonds is 8. The zero-order chi connectivity index (χ0) is 22.9. The van der Waals surface area contributed by atoms with E-state index in [0.29, 0.717) is 29.8 Å². The highest BCUT2D eigenvalue weighted by Crippen LogP contribution is 2.24. The Balaban J connectivity index is 0.000000553. The summed E-state index contributed by atoms with van der Waals surface area (Å²) in [5.41, 5.74) is 6.25. The Bertz CT molecular complexity index is 946. The van der Waals surface area contributed by atoms with Crippen molar-refractivity contribution >= 4 is 34.6 Å². The molecule has 0 fully saturated rings. The third-order valence-electron chi connectivity index (χ3n) is 3.66. The van der Waals surface area contributed by atoms with Crippen LogP contribution in [0.15, 0.2) is 23.1 Å². The van der Waals surface area contributed by atoms with Crippen molar-refractivity contribution in [1.29, 1.82) is 0 Å². The summed E-state index contributed by atoms with van der Waals surface area (Å²) in [4.78, 5) is 35.1. The van der Waals surface area contributed by atoms with Crippen LogP contribution in [0, 0.1) is 0 Å². The number of alkyl halides is 3. The SMILES string of the molecule is CCc1cc2[nH]cc(C(=O)O)c(=O)c2cc1OCCSCCN.O=C(O)C(F)(F)F. The monoisotopic (exact) mass is 450 g/mol. The lowest BCUT2D eigenvalue weighted by molar-refractivity contribution is -0.192. The lowest BCUT2D eigenvalue weighted by Crippen LogP contribution is -2.21. The van der Waals surface area contributed by atoms with Gasteiger partial charge in [-0.25, -0.2) is 9.59 Å². The van der Waals surface area contributed by atoms with E-state index in [4.69, 9.17) is 25.5 Å². The molecular weight excluding hydrogens is 429 g/mol. The Morgan fingerprint density at radius 2 is 1.87 bits per heavy atom. The molecule has 166 valence electrons. The summed E-state index contributed by atoms with van der Waals surface area (Å²) in [5.74, 6) is -1.69. The first-order valence-corrected chi connectivity index (χ1v) is 9.80. The van der Waals surface area contributed by atoms with Crippen LogP contribution in [0.2, 0.25) is 0 Å². The number of hydrogen-bond donors (Lipinski definition) is 4. The van der Waals surface area contributed by atoms with Crippen LogP contribution >= 0.6 is 11.8 Å². The number of nitrogens with one attached hydrogen (secondary N) is 1. The fraction of sp³-hybridized carbons (Fsp3) is 0.389. The molecule has 0 atom stereocenters. The highest BCUT2D eigenvalue weighted by molar-refractivity contribution is 7.99. The van der Waals surface area contributed by atoms with Crippen molar-refractivity contribution in [3.8, 4) is 5.75 Å². The van der Waals surface area contributed by atoms with E-state index in [-0.39, 0.29) is 5.56 Å². The van der Waals surface area contributed by atoms with Gasteiger partial charge in [-0.2, -0.15) is 24.9 Å². The van der Waals surface area contributed by atoms with Crippen molar-refractivity contribution in [2.45, 2.75) is 19.5 Å². The van der Waals surface area contributed by atoms with Gasteiger partial charge in [0, 0.05) is 29.8 Å². The number of carboxylic acids is 2. The van der Waals surface area contributed by atoms with Crippen LogP contribution in [0.3, 0.4) is 0 Å². The van der Waals surface area contributed by atoms with E-state index in [2.05, 4.69) is 4.98 Å². The average molecular weight is 450 g/mol. The minimum atomic E-state index is -5.08. The Kier molecular flexibility index (Phi) is 9.66. The number of ether oxygens (including phenoxy) is 1. The second-order valence-corrected chi connectivity index (χ2v) is 6.97. The summed E-state index contributed by atoms with van der Waals surface area (Å²) in [6, 6.07) is 3.47. The fourth-order valence-electron chi connectivity index (χ4n) is 2.26. The van der Waals surface area contributed by atoms with Crippen LogP contribution in [0.1, 0.15) is 22.8 Å². The van der Waals surface area contributed by atoms with Gasteiger partial charge >= 0.3 is 18.1 Å². The highest BCUT2D eigenvalue weighted by atomic mass is 32.2. The second kappa shape index (κ2) is 11.5. The molecule has 1 aromatic carbocycles. The standard InChI is InChI=1S/C16H20N2O4S.C2HF3O2/c1-2-10-7-13-11(15(19)12(9-18-13)16(20)21)8-14(10)22-4-6-23-5-3-17;3-2(4,5)1(6)7/h7-9H,2-6,17H2,1H3,(H,18,19)(H,20,21);(H,6,7). The number of hydrogen-bond acceptors (Lipinski definition) is 6. The number of halogens is 3. The number of thioether (sulfide) groups is 1. The third kappa shape index (κ3) is 7.26. The number of carbonyl (C=O) groups is 2. The summed E-state index contributed by atoms with van der Waals surface area (Å²) < 4.78 is 37.5. The molecule has 0 saturated carbocycles. The first kappa shape index (κ1) is 25.3. The maximum absolute atomic E-state index is 12.3. The highest BCUT2D eigenvalue weighted by Gasteiger charge is 2.38. The molecule has 1 heterocycles. The molecule has 2 rings (SSSR count). The van der Waals surface area contributed by atoms with Crippen molar-refractivity contribution in [3.63, 3.8) is 0 Å². The average Bonchev–Trinajstić information content (AvgIpc) is 2.67. The summed E-state index contributed by atoms with van der Waals surface area (Å²) in [6.45, 7) is 3.15. The maximum Gasteiger partial charge on any atom is 0.490 e. The molecule has 0 spiro atoms. The molecule has 2 aromatic rings. The van der Waals surface area contributed by atoms with E-state index in [9.17, 15) is 22.8 Å². The van der Waals surface area contributed by atoms with Gasteiger partial charge in [0.1, 0.15) is 11.3 Å². The molecule has 30 heavy (non-hydrogen) atoms. The lowest BCUT2D eigenvalue weighted by atomic mass is 10.1. The normalized spacial score (nSPS) is 11.0. The van der Waals surface area contributed by atoms with E-state index in [1.54, 1.807) is 17.8 Å². The molecule has 0 bridgehead atoms. The largest absolute Gasteiger partial charge is 0.492 e. The van der Waals surface area contributed by atoms with Crippen molar-refractivity contribution in [2.24, 2.45) is 5.73 Å². The number of aliphatic carboxylic acids is 1. The molecule has 0 aliphatic carbocycles. The molecule has 0 aliphatic rings. The van der Waals surface area contributed by atoms with E-state index >= 15 is 0 Å². The van der Waals surface area contributed by atoms with Gasteiger partial charge in [0.05, 0.1) is 12.0 Å². The Morgan fingerprint density at radius 1 is 1.23 bits per heavy atom. The van der Waals surface area contributed by atoms with Crippen molar-refractivity contribution in [3.05, 3.63) is 39.7 Å². The van der Waals surface area contributed by atoms with Crippen LogP contribution in [-0.2, 0) is 11.2 Å². The first-order valence-electron chi connectivity index (χ1n) is 8.65. The second-order valence-electron chi connectivity index (χ2n) is 5.75. The van der Waals surface area contributed by atoms with Crippen LogP contribution in [-0.4, -0.2) is 58.0 Å². The number of aromatic carboxylic acids is 1. The van der Waals surface area contributed by atoms with Crippen molar-refractivity contribution < 1.29 is 37.7 Å². The predicted molar refractivity (Wildman–Crippen MR) is 106 cm³/mol. The van der Waals surface area contributed by atoms with Crippen LogP contribution in [0.4, 0.5) is 13.2 Å². The third-order valence-corrected chi connectivity index (χ3v) is 4.64. The smallest absolute Gasteiger partial charge is 0.490 e. The Hall–Kier alpha value is -2.73. The Morgan fingerprint density at radius 3 is 2.37 bits per heavy atom. The summed E-state index contributed by atoms with van der Waals surface area (Å²) in [5, 5.41) is 16.5. The number of aromatic nitrogens is 1.